The molecule has 0 aliphatic carbocycles. The van der Waals surface area contributed by atoms with Crippen LogP contribution in [0.15, 0.2) is 60.7 Å². The van der Waals surface area contributed by atoms with E-state index in [-0.39, 0.29) is 11.6 Å². The summed E-state index contributed by atoms with van der Waals surface area (Å²) in [5, 5.41) is 0. The molecule has 2 N–H and O–H groups in total. The summed E-state index contributed by atoms with van der Waals surface area (Å²) in [5.74, 6) is -0.691. The van der Waals surface area contributed by atoms with E-state index in [0.717, 1.165) is 0 Å². The fourth-order valence-corrected chi connectivity index (χ4v) is 2.15. The van der Waals surface area contributed by atoms with Crippen LogP contribution in [0, 0.1) is 11.6 Å². The Bertz CT molecular complexity index is 800. The number of halogens is 2. The molecule has 2 aromatic carbocycles. The lowest BCUT2D eigenvalue weighted by Crippen LogP contribution is -1.96. The number of nitrogen functional groups attached to an aromatic ring is 1. The SMILES string of the molecule is Nc1ccc(-c2cccc(F)c2)nc1-c1cccc(F)c1. The molecule has 2 nitrogen and oxygen atoms in total. The van der Waals surface area contributed by atoms with Crippen molar-refractivity contribution < 1.29 is 8.78 Å². The van der Waals surface area contributed by atoms with Gasteiger partial charge in [-0.2, -0.15) is 0 Å². The molecule has 3 aromatic rings. The maximum atomic E-state index is 13.3. The van der Waals surface area contributed by atoms with Crippen LogP contribution in [-0.2, 0) is 0 Å². The molecule has 104 valence electrons. The smallest absolute Gasteiger partial charge is 0.123 e. The first-order valence-corrected chi connectivity index (χ1v) is 6.42. The van der Waals surface area contributed by atoms with Crippen molar-refractivity contribution in [3.63, 3.8) is 0 Å². The average molecular weight is 282 g/mol. The number of aromatic nitrogens is 1. The third-order valence-electron chi connectivity index (χ3n) is 3.14. The predicted molar refractivity (Wildman–Crippen MR) is 79.4 cm³/mol. The molecule has 1 aromatic heterocycles. The Balaban J connectivity index is 2.12. The molecular formula is C17H12F2N2. The second-order valence-electron chi connectivity index (χ2n) is 4.66. The third kappa shape index (κ3) is 2.74. The molecule has 0 fully saturated rings. The fraction of sp³-hybridized carbons (Fsp3) is 0. The Hall–Kier alpha value is -2.75. The minimum atomic E-state index is -0.357. The number of nitrogens with two attached hydrogens (primary N) is 1. The Labute approximate surface area is 120 Å². The van der Waals surface area contributed by atoms with Gasteiger partial charge < -0.3 is 5.73 Å². The van der Waals surface area contributed by atoms with Crippen LogP contribution in [0.5, 0.6) is 0 Å². The van der Waals surface area contributed by atoms with Gasteiger partial charge in [0.25, 0.3) is 0 Å². The molecule has 0 aliphatic rings. The van der Waals surface area contributed by atoms with E-state index < -0.39 is 0 Å². The van der Waals surface area contributed by atoms with Gasteiger partial charge in [0.15, 0.2) is 0 Å². The Morgan fingerprint density at radius 1 is 0.762 bits per heavy atom. The van der Waals surface area contributed by atoms with E-state index in [2.05, 4.69) is 4.98 Å². The molecule has 0 amide bonds. The van der Waals surface area contributed by atoms with Crippen LogP contribution in [0.2, 0.25) is 0 Å². The van der Waals surface area contributed by atoms with E-state index in [0.29, 0.717) is 28.2 Å². The highest BCUT2D eigenvalue weighted by Gasteiger charge is 2.09. The zero-order chi connectivity index (χ0) is 14.8. The first kappa shape index (κ1) is 13.2. The number of benzene rings is 2. The molecule has 0 unspecified atom stereocenters. The predicted octanol–water partition coefficient (Wildman–Crippen LogP) is 4.28. The van der Waals surface area contributed by atoms with Gasteiger partial charge in [0.05, 0.1) is 17.1 Å². The summed E-state index contributed by atoms with van der Waals surface area (Å²) in [6.07, 6.45) is 0. The monoisotopic (exact) mass is 282 g/mol. The molecule has 1 heterocycles. The topological polar surface area (TPSA) is 38.9 Å². The van der Waals surface area contributed by atoms with E-state index in [9.17, 15) is 8.78 Å². The maximum absolute atomic E-state index is 13.3. The van der Waals surface area contributed by atoms with Crippen molar-refractivity contribution >= 4 is 5.69 Å². The second-order valence-corrected chi connectivity index (χ2v) is 4.66. The standard InChI is InChI=1S/C17H12F2N2/c18-13-5-1-3-11(9-13)16-8-7-15(20)17(21-16)12-4-2-6-14(19)10-12/h1-10H,20H2. The van der Waals surface area contributed by atoms with E-state index >= 15 is 0 Å². The molecule has 0 radical (unpaired) electrons. The van der Waals surface area contributed by atoms with Crippen LogP contribution in [0.25, 0.3) is 22.5 Å². The molecule has 3 rings (SSSR count). The quantitative estimate of drug-likeness (QED) is 0.762. The zero-order valence-corrected chi connectivity index (χ0v) is 11.1. The highest BCUT2D eigenvalue weighted by molar-refractivity contribution is 5.76. The van der Waals surface area contributed by atoms with Crippen molar-refractivity contribution in [3.8, 4) is 22.5 Å². The van der Waals surface area contributed by atoms with Crippen molar-refractivity contribution in [1.82, 2.24) is 4.98 Å². The van der Waals surface area contributed by atoms with Crippen molar-refractivity contribution in [2.75, 3.05) is 5.73 Å². The Morgan fingerprint density at radius 2 is 1.38 bits per heavy atom. The van der Waals surface area contributed by atoms with Crippen molar-refractivity contribution in [3.05, 3.63) is 72.3 Å². The molecule has 0 saturated heterocycles. The van der Waals surface area contributed by atoms with E-state index in [4.69, 9.17) is 5.73 Å². The van der Waals surface area contributed by atoms with Crippen molar-refractivity contribution in [2.45, 2.75) is 0 Å². The lowest BCUT2D eigenvalue weighted by atomic mass is 10.1. The van der Waals surface area contributed by atoms with Crippen LogP contribution < -0.4 is 5.73 Å². The largest absolute Gasteiger partial charge is 0.397 e. The molecular weight excluding hydrogens is 270 g/mol. The number of anilines is 1. The van der Waals surface area contributed by atoms with Crippen molar-refractivity contribution in [2.24, 2.45) is 0 Å². The van der Waals surface area contributed by atoms with Gasteiger partial charge in [-0.3, -0.25) is 0 Å². The van der Waals surface area contributed by atoms with Gasteiger partial charge in [-0.1, -0.05) is 24.3 Å². The van der Waals surface area contributed by atoms with Crippen LogP contribution in [0.3, 0.4) is 0 Å². The van der Waals surface area contributed by atoms with Gasteiger partial charge >= 0.3 is 0 Å². The fourth-order valence-electron chi connectivity index (χ4n) is 2.15. The number of hydrogen-bond donors (Lipinski definition) is 1. The first-order chi connectivity index (χ1) is 10.1. The highest BCUT2D eigenvalue weighted by atomic mass is 19.1. The molecule has 4 heteroatoms. The minimum Gasteiger partial charge on any atom is -0.397 e. The van der Waals surface area contributed by atoms with Crippen molar-refractivity contribution in [1.29, 1.82) is 0 Å². The summed E-state index contributed by atoms with van der Waals surface area (Å²) in [6, 6.07) is 15.6. The van der Waals surface area contributed by atoms with Crippen LogP contribution in [0.1, 0.15) is 0 Å². The number of hydrogen-bond acceptors (Lipinski definition) is 2. The minimum absolute atomic E-state index is 0.335. The van der Waals surface area contributed by atoms with Crippen LogP contribution >= 0.6 is 0 Å². The van der Waals surface area contributed by atoms with Gasteiger partial charge in [0.2, 0.25) is 0 Å². The second kappa shape index (κ2) is 5.32. The van der Waals surface area contributed by atoms with Gasteiger partial charge in [-0.15, -0.1) is 0 Å². The lowest BCUT2D eigenvalue weighted by molar-refractivity contribution is 0.628. The highest BCUT2D eigenvalue weighted by Crippen LogP contribution is 2.28. The van der Waals surface area contributed by atoms with E-state index in [1.165, 1.54) is 24.3 Å². The molecule has 21 heavy (non-hydrogen) atoms. The molecule has 0 aliphatic heterocycles. The first-order valence-electron chi connectivity index (χ1n) is 6.42. The number of rotatable bonds is 2. The third-order valence-corrected chi connectivity index (χ3v) is 3.14. The van der Waals surface area contributed by atoms with E-state index in [1.807, 2.05) is 0 Å². The van der Waals surface area contributed by atoms with Gasteiger partial charge in [0.1, 0.15) is 11.6 Å². The molecule has 0 spiro atoms. The normalized spacial score (nSPS) is 10.6. The summed E-state index contributed by atoms with van der Waals surface area (Å²) in [6.45, 7) is 0. The number of nitrogens with zero attached hydrogens (tertiary/aromatic N) is 1. The van der Waals surface area contributed by atoms with Gasteiger partial charge in [-0.05, 0) is 36.4 Å². The summed E-state index contributed by atoms with van der Waals surface area (Å²) < 4.78 is 26.6. The molecule has 0 bridgehead atoms. The van der Waals surface area contributed by atoms with E-state index in [1.54, 1.807) is 36.4 Å². The summed E-state index contributed by atoms with van der Waals surface area (Å²) in [5.41, 5.74) is 8.67. The lowest BCUT2D eigenvalue weighted by Gasteiger charge is -2.08. The Morgan fingerprint density at radius 3 is 2.05 bits per heavy atom. The van der Waals surface area contributed by atoms with Gasteiger partial charge in [-0.25, -0.2) is 13.8 Å². The number of pyridine rings is 1. The molecule has 0 saturated carbocycles. The summed E-state index contributed by atoms with van der Waals surface area (Å²) >= 11 is 0. The van der Waals surface area contributed by atoms with Crippen LogP contribution in [0.4, 0.5) is 14.5 Å². The summed E-state index contributed by atoms with van der Waals surface area (Å²) in [7, 11) is 0. The molecule has 0 atom stereocenters. The van der Waals surface area contributed by atoms with Crippen LogP contribution in [-0.4, -0.2) is 4.98 Å². The zero-order valence-electron chi connectivity index (χ0n) is 11.1. The van der Waals surface area contributed by atoms with Gasteiger partial charge in [0, 0.05) is 11.1 Å². The maximum Gasteiger partial charge on any atom is 0.123 e. The average Bonchev–Trinajstić information content (AvgIpc) is 2.47. The summed E-state index contributed by atoms with van der Waals surface area (Å²) in [4.78, 5) is 4.44. The Kier molecular flexibility index (Phi) is 3.36.